The SMILES string of the molecule is Cc1ccc2cc(C(C)(C)C)c(F)cc2n1. The molecular formula is C14H16FN. The fraction of sp³-hybridized carbons (Fsp3) is 0.357. The Morgan fingerprint density at radius 2 is 1.81 bits per heavy atom. The largest absolute Gasteiger partial charge is 0.253 e. The van der Waals surface area contributed by atoms with Crippen LogP contribution in [0.1, 0.15) is 32.0 Å². The summed E-state index contributed by atoms with van der Waals surface area (Å²) < 4.78 is 13.9. The van der Waals surface area contributed by atoms with Crippen LogP contribution >= 0.6 is 0 Å². The van der Waals surface area contributed by atoms with Gasteiger partial charge in [-0.05, 0) is 30.0 Å². The second kappa shape index (κ2) is 3.55. The normalized spacial score (nSPS) is 12.1. The fourth-order valence-corrected chi connectivity index (χ4v) is 1.82. The molecule has 16 heavy (non-hydrogen) atoms. The lowest BCUT2D eigenvalue weighted by Gasteiger charge is -2.20. The van der Waals surface area contributed by atoms with E-state index in [0.717, 1.165) is 22.2 Å². The van der Waals surface area contributed by atoms with Crippen LogP contribution in [0.5, 0.6) is 0 Å². The molecule has 0 spiro atoms. The first-order valence-corrected chi connectivity index (χ1v) is 5.45. The number of rotatable bonds is 0. The quantitative estimate of drug-likeness (QED) is 0.650. The summed E-state index contributed by atoms with van der Waals surface area (Å²) in [5.41, 5.74) is 2.20. The molecule has 2 aromatic rings. The minimum atomic E-state index is -0.177. The molecule has 0 aliphatic heterocycles. The van der Waals surface area contributed by atoms with Crippen LogP contribution in [0.25, 0.3) is 10.9 Å². The van der Waals surface area contributed by atoms with Gasteiger partial charge >= 0.3 is 0 Å². The van der Waals surface area contributed by atoms with Crippen molar-refractivity contribution >= 4 is 10.9 Å². The van der Waals surface area contributed by atoms with E-state index in [1.807, 2.05) is 45.9 Å². The monoisotopic (exact) mass is 217 g/mol. The zero-order valence-corrected chi connectivity index (χ0v) is 10.1. The van der Waals surface area contributed by atoms with Crippen LogP contribution in [0.4, 0.5) is 4.39 Å². The first kappa shape index (κ1) is 11.1. The Morgan fingerprint density at radius 1 is 1.12 bits per heavy atom. The lowest BCUT2D eigenvalue weighted by molar-refractivity contribution is 0.524. The van der Waals surface area contributed by atoms with E-state index in [0.29, 0.717) is 0 Å². The molecule has 0 saturated carbocycles. The molecule has 0 amide bonds. The number of hydrogen-bond acceptors (Lipinski definition) is 1. The molecule has 0 atom stereocenters. The van der Waals surface area contributed by atoms with Crippen molar-refractivity contribution in [3.05, 3.63) is 41.3 Å². The van der Waals surface area contributed by atoms with Crippen molar-refractivity contribution in [3.63, 3.8) is 0 Å². The maximum Gasteiger partial charge on any atom is 0.129 e. The van der Waals surface area contributed by atoms with E-state index in [1.54, 1.807) is 0 Å². The van der Waals surface area contributed by atoms with Gasteiger partial charge in [-0.2, -0.15) is 0 Å². The summed E-state index contributed by atoms with van der Waals surface area (Å²) in [5, 5.41) is 0.997. The van der Waals surface area contributed by atoms with Gasteiger partial charge in [0.1, 0.15) is 5.82 Å². The lowest BCUT2D eigenvalue weighted by atomic mass is 9.86. The van der Waals surface area contributed by atoms with E-state index in [2.05, 4.69) is 4.98 Å². The van der Waals surface area contributed by atoms with Crippen molar-refractivity contribution in [3.8, 4) is 0 Å². The predicted molar refractivity (Wildman–Crippen MR) is 65.1 cm³/mol. The molecule has 2 rings (SSSR count). The van der Waals surface area contributed by atoms with Gasteiger partial charge in [0.15, 0.2) is 0 Å². The molecule has 1 aromatic heterocycles. The summed E-state index contributed by atoms with van der Waals surface area (Å²) in [7, 11) is 0. The first-order chi connectivity index (χ1) is 7.38. The fourth-order valence-electron chi connectivity index (χ4n) is 1.82. The Hall–Kier alpha value is -1.44. The highest BCUT2D eigenvalue weighted by molar-refractivity contribution is 5.79. The van der Waals surface area contributed by atoms with Gasteiger partial charge in [0, 0.05) is 17.1 Å². The average Bonchev–Trinajstić information content (AvgIpc) is 2.14. The molecule has 0 saturated heterocycles. The Bertz CT molecular complexity index is 538. The van der Waals surface area contributed by atoms with Crippen LogP contribution in [-0.4, -0.2) is 4.98 Å². The highest BCUT2D eigenvalue weighted by Gasteiger charge is 2.19. The molecule has 2 heteroatoms. The average molecular weight is 217 g/mol. The van der Waals surface area contributed by atoms with E-state index in [9.17, 15) is 4.39 Å². The number of pyridine rings is 1. The van der Waals surface area contributed by atoms with Crippen LogP contribution in [0, 0.1) is 12.7 Å². The molecule has 0 aliphatic rings. The van der Waals surface area contributed by atoms with Crippen molar-refractivity contribution in [1.29, 1.82) is 0 Å². The minimum Gasteiger partial charge on any atom is -0.253 e. The summed E-state index contributed by atoms with van der Waals surface area (Å²) >= 11 is 0. The number of fused-ring (bicyclic) bond motifs is 1. The zero-order valence-electron chi connectivity index (χ0n) is 10.1. The number of benzene rings is 1. The molecule has 0 fully saturated rings. The third-order valence-electron chi connectivity index (χ3n) is 2.73. The van der Waals surface area contributed by atoms with E-state index < -0.39 is 0 Å². The molecule has 0 radical (unpaired) electrons. The molecule has 0 N–H and O–H groups in total. The van der Waals surface area contributed by atoms with Gasteiger partial charge in [0.2, 0.25) is 0 Å². The number of aryl methyl sites for hydroxylation is 1. The van der Waals surface area contributed by atoms with Gasteiger partial charge in [-0.25, -0.2) is 4.39 Å². The summed E-state index contributed by atoms with van der Waals surface area (Å²) in [6, 6.07) is 7.37. The molecule has 1 heterocycles. The van der Waals surface area contributed by atoms with Crippen LogP contribution in [-0.2, 0) is 5.41 Å². The smallest absolute Gasteiger partial charge is 0.129 e. The van der Waals surface area contributed by atoms with E-state index in [4.69, 9.17) is 0 Å². The van der Waals surface area contributed by atoms with E-state index in [1.165, 1.54) is 6.07 Å². The molecule has 1 nitrogen and oxygen atoms in total. The van der Waals surface area contributed by atoms with Crippen LogP contribution in [0.2, 0.25) is 0 Å². The number of nitrogens with zero attached hydrogens (tertiary/aromatic N) is 1. The second-order valence-corrected chi connectivity index (χ2v) is 5.23. The maximum absolute atomic E-state index is 13.9. The number of aromatic nitrogens is 1. The predicted octanol–water partition coefficient (Wildman–Crippen LogP) is 3.98. The molecule has 84 valence electrons. The third kappa shape index (κ3) is 1.92. The molecular weight excluding hydrogens is 201 g/mol. The Balaban J connectivity index is 2.72. The van der Waals surface area contributed by atoms with Gasteiger partial charge in [-0.15, -0.1) is 0 Å². The van der Waals surface area contributed by atoms with Crippen molar-refractivity contribution in [2.45, 2.75) is 33.1 Å². The highest BCUT2D eigenvalue weighted by atomic mass is 19.1. The number of halogens is 1. The summed E-state index contributed by atoms with van der Waals surface area (Å²) in [4.78, 5) is 4.32. The Morgan fingerprint density at radius 3 is 2.44 bits per heavy atom. The Kier molecular flexibility index (Phi) is 2.45. The van der Waals surface area contributed by atoms with Crippen molar-refractivity contribution in [2.75, 3.05) is 0 Å². The van der Waals surface area contributed by atoms with Crippen LogP contribution < -0.4 is 0 Å². The molecule has 0 aliphatic carbocycles. The molecule has 1 aromatic carbocycles. The Labute approximate surface area is 95.3 Å². The maximum atomic E-state index is 13.9. The first-order valence-electron chi connectivity index (χ1n) is 5.45. The number of hydrogen-bond donors (Lipinski definition) is 0. The topological polar surface area (TPSA) is 12.9 Å². The zero-order chi connectivity index (χ0) is 11.9. The van der Waals surface area contributed by atoms with Gasteiger partial charge < -0.3 is 0 Å². The van der Waals surface area contributed by atoms with Crippen molar-refractivity contribution in [2.24, 2.45) is 0 Å². The molecule has 0 unspecified atom stereocenters. The standard InChI is InChI=1S/C14H16FN/c1-9-5-6-10-7-11(14(2,3)4)12(15)8-13(10)16-9/h5-8H,1-4H3. The van der Waals surface area contributed by atoms with Gasteiger partial charge in [0.05, 0.1) is 5.52 Å². The van der Waals surface area contributed by atoms with E-state index in [-0.39, 0.29) is 11.2 Å². The highest BCUT2D eigenvalue weighted by Crippen LogP contribution is 2.28. The summed E-state index contributed by atoms with van der Waals surface area (Å²) in [6.07, 6.45) is 0. The summed E-state index contributed by atoms with van der Waals surface area (Å²) in [5.74, 6) is -0.168. The summed E-state index contributed by atoms with van der Waals surface area (Å²) in [6.45, 7) is 7.95. The van der Waals surface area contributed by atoms with Gasteiger partial charge in [-0.1, -0.05) is 26.8 Å². The van der Waals surface area contributed by atoms with Crippen molar-refractivity contribution < 1.29 is 4.39 Å². The lowest BCUT2D eigenvalue weighted by Crippen LogP contribution is -2.13. The van der Waals surface area contributed by atoms with E-state index >= 15 is 0 Å². The second-order valence-electron chi connectivity index (χ2n) is 5.23. The van der Waals surface area contributed by atoms with Crippen molar-refractivity contribution in [1.82, 2.24) is 4.98 Å². The van der Waals surface area contributed by atoms with Gasteiger partial charge in [-0.3, -0.25) is 4.98 Å². The molecule has 0 bridgehead atoms. The third-order valence-corrected chi connectivity index (χ3v) is 2.73. The van der Waals surface area contributed by atoms with Gasteiger partial charge in [0.25, 0.3) is 0 Å². The van der Waals surface area contributed by atoms with Crippen LogP contribution in [0.15, 0.2) is 24.3 Å². The van der Waals surface area contributed by atoms with Crippen LogP contribution in [0.3, 0.4) is 0 Å². The minimum absolute atomic E-state index is 0.168.